The molecule has 1 fully saturated rings. The lowest BCUT2D eigenvalue weighted by molar-refractivity contribution is 0.177. The second-order valence-electron chi connectivity index (χ2n) is 5.83. The Kier molecular flexibility index (Phi) is 6.11. The highest BCUT2D eigenvalue weighted by Gasteiger charge is 2.19. The van der Waals surface area contributed by atoms with Crippen molar-refractivity contribution >= 4 is 50.5 Å². The summed E-state index contributed by atoms with van der Waals surface area (Å²) >= 11 is 15.0. The molecule has 0 aromatic heterocycles. The molecule has 3 rings (SSSR count). The lowest BCUT2D eigenvalue weighted by Gasteiger charge is -2.36. The maximum absolute atomic E-state index is 6.06. The molecule has 0 spiro atoms. The van der Waals surface area contributed by atoms with Crippen LogP contribution in [0.2, 0.25) is 5.02 Å². The van der Waals surface area contributed by atoms with Crippen LogP contribution in [-0.4, -0.2) is 41.1 Å². The van der Waals surface area contributed by atoms with Crippen molar-refractivity contribution in [2.45, 2.75) is 6.54 Å². The molecule has 6 heteroatoms. The SMILES string of the molecule is S=C(Nc1ccc(Br)cc1)N1CCN(Cc2cccc(Cl)c2)CC1. The van der Waals surface area contributed by atoms with Gasteiger partial charge in [0, 0.05) is 47.9 Å². The van der Waals surface area contributed by atoms with E-state index in [9.17, 15) is 0 Å². The Morgan fingerprint density at radius 2 is 1.79 bits per heavy atom. The normalized spacial score (nSPS) is 15.3. The third-order valence-corrected chi connectivity index (χ3v) is 5.17. The van der Waals surface area contributed by atoms with Gasteiger partial charge in [-0.15, -0.1) is 0 Å². The molecule has 0 amide bonds. The second kappa shape index (κ2) is 8.30. The summed E-state index contributed by atoms with van der Waals surface area (Å²) in [6.45, 7) is 4.79. The van der Waals surface area contributed by atoms with Crippen molar-refractivity contribution in [1.82, 2.24) is 9.80 Å². The maximum Gasteiger partial charge on any atom is 0.173 e. The first-order valence-electron chi connectivity index (χ1n) is 7.88. The fraction of sp³-hybridized carbons (Fsp3) is 0.278. The lowest BCUT2D eigenvalue weighted by atomic mass is 10.2. The molecule has 1 aliphatic heterocycles. The van der Waals surface area contributed by atoms with E-state index in [4.69, 9.17) is 23.8 Å². The van der Waals surface area contributed by atoms with Gasteiger partial charge in [-0.1, -0.05) is 39.7 Å². The minimum Gasteiger partial charge on any atom is -0.346 e. The van der Waals surface area contributed by atoms with Gasteiger partial charge in [-0.05, 0) is 54.2 Å². The van der Waals surface area contributed by atoms with Crippen molar-refractivity contribution < 1.29 is 0 Å². The van der Waals surface area contributed by atoms with Gasteiger partial charge in [-0.2, -0.15) is 0 Å². The standard InChI is InChI=1S/C18H19BrClN3S/c19-15-4-6-17(7-5-15)21-18(24)23-10-8-22(9-11-23)13-14-2-1-3-16(20)12-14/h1-7,12H,8-11,13H2,(H,21,24). The van der Waals surface area contributed by atoms with E-state index in [2.05, 4.69) is 37.1 Å². The molecular formula is C18H19BrClN3S. The van der Waals surface area contributed by atoms with Gasteiger partial charge in [0.1, 0.15) is 0 Å². The van der Waals surface area contributed by atoms with Gasteiger partial charge < -0.3 is 10.2 Å². The molecule has 0 unspecified atom stereocenters. The predicted molar refractivity (Wildman–Crippen MR) is 109 cm³/mol. The van der Waals surface area contributed by atoms with Gasteiger partial charge in [0.25, 0.3) is 0 Å². The molecule has 0 saturated carbocycles. The molecule has 24 heavy (non-hydrogen) atoms. The molecule has 0 bridgehead atoms. The van der Waals surface area contributed by atoms with E-state index in [-0.39, 0.29) is 0 Å². The first-order valence-corrected chi connectivity index (χ1v) is 9.46. The zero-order valence-corrected chi connectivity index (χ0v) is 16.4. The average Bonchev–Trinajstić information content (AvgIpc) is 2.57. The Balaban J connectivity index is 1.49. The lowest BCUT2D eigenvalue weighted by Crippen LogP contribution is -2.49. The highest BCUT2D eigenvalue weighted by atomic mass is 79.9. The Bertz CT molecular complexity index is 700. The third kappa shape index (κ3) is 4.93. The molecule has 1 saturated heterocycles. The van der Waals surface area contributed by atoms with Crippen LogP contribution in [0.5, 0.6) is 0 Å². The summed E-state index contributed by atoms with van der Waals surface area (Å²) in [5.41, 5.74) is 2.27. The maximum atomic E-state index is 6.06. The topological polar surface area (TPSA) is 18.5 Å². The van der Waals surface area contributed by atoms with E-state index < -0.39 is 0 Å². The van der Waals surface area contributed by atoms with E-state index in [1.165, 1.54) is 5.56 Å². The number of piperazine rings is 1. The fourth-order valence-corrected chi connectivity index (χ4v) is 3.52. The first-order chi connectivity index (χ1) is 11.6. The van der Waals surface area contributed by atoms with Gasteiger partial charge >= 0.3 is 0 Å². The van der Waals surface area contributed by atoms with Crippen LogP contribution in [0.4, 0.5) is 5.69 Å². The molecule has 1 heterocycles. The predicted octanol–water partition coefficient (Wildman–Crippen LogP) is 4.62. The van der Waals surface area contributed by atoms with Gasteiger partial charge in [0.15, 0.2) is 5.11 Å². The van der Waals surface area contributed by atoms with Gasteiger partial charge in [0.2, 0.25) is 0 Å². The fourth-order valence-electron chi connectivity index (χ4n) is 2.74. The monoisotopic (exact) mass is 423 g/mol. The summed E-state index contributed by atoms with van der Waals surface area (Å²) in [7, 11) is 0. The van der Waals surface area contributed by atoms with Crippen molar-refractivity contribution in [3.8, 4) is 0 Å². The summed E-state index contributed by atoms with van der Waals surface area (Å²) in [4.78, 5) is 4.66. The Labute approximate surface area is 161 Å². The van der Waals surface area contributed by atoms with E-state index in [1.54, 1.807) is 0 Å². The number of nitrogens with zero attached hydrogens (tertiary/aromatic N) is 2. The molecule has 3 nitrogen and oxygen atoms in total. The number of benzene rings is 2. The largest absolute Gasteiger partial charge is 0.346 e. The van der Waals surface area contributed by atoms with Crippen molar-refractivity contribution in [1.29, 1.82) is 0 Å². The third-order valence-electron chi connectivity index (χ3n) is 4.05. The Morgan fingerprint density at radius 1 is 1.08 bits per heavy atom. The molecule has 126 valence electrons. The van der Waals surface area contributed by atoms with Crippen molar-refractivity contribution in [3.63, 3.8) is 0 Å². The van der Waals surface area contributed by atoms with Crippen LogP contribution in [0.25, 0.3) is 0 Å². The van der Waals surface area contributed by atoms with Crippen LogP contribution in [0.1, 0.15) is 5.56 Å². The van der Waals surface area contributed by atoms with Crippen LogP contribution < -0.4 is 5.32 Å². The van der Waals surface area contributed by atoms with Crippen LogP contribution in [0.3, 0.4) is 0 Å². The summed E-state index contributed by atoms with van der Waals surface area (Å²) < 4.78 is 1.06. The molecule has 0 atom stereocenters. The number of nitrogens with one attached hydrogen (secondary N) is 1. The number of thiocarbonyl (C=S) groups is 1. The number of halogens is 2. The Morgan fingerprint density at radius 3 is 2.46 bits per heavy atom. The number of hydrogen-bond acceptors (Lipinski definition) is 2. The zero-order valence-electron chi connectivity index (χ0n) is 13.2. The van der Waals surface area contributed by atoms with Crippen molar-refractivity contribution in [2.75, 3.05) is 31.5 Å². The van der Waals surface area contributed by atoms with E-state index in [1.807, 2.05) is 42.5 Å². The van der Waals surface area contributed by atoms with Crippen LogP contribution in [0, 0.1) is 0 Å². The number of rotatable bonds is 3. The molecule has 2 aromatic carbocycles. The summed E-state index contributed by atoms with van der Waals surface area (Å²) in [5, 5.41) is 4.90. The number of anilines is 1. The quantitative estimate of drug-likeness (QED) is 0.725. The van der Waals surface area contributed by atoms with E-state index in [0.717, 1.165) is 53.0 Å². The summed E-state index contributed by atoms with van der Waals surface area (Å²) in [5.74, 6) is 0. The smallest absolute Gasteiger partial charge is 0.173 e. The minimum absolute atomic E-state index is 0.791. The van der Waals surface area contributed by atoms with Crippen LogP contribution in [-0.2, 0) is 6.54 Å². The molecule has 1 N–H and O–H groups in total. The van der Waals surface area contributed by atoms with Crippen molar-refractivity contribution in [3.05, 3.63) is 63.6 Å². The molecule has 2 aromatic rings. The molecule has 0 aliphatic carbocycles. The summed E-state index contributed by atoms with van der Waals surface area (Å²) in [6.07, 6.45) is 0. The van der Waals surface area contributed by atoms with Gasteiger partial charge in [-0.3, -0.25) is 4.90 Å². The summed E-state index contributed by atoms with van der Waals surface area (Å²) in [6, 6.07) is 16.1. The molecule has 0 radical (unpaired) electrons. The van der Waals surface area contributed by atoms with E-state index in [0.29, 0.717) is 0 Å². The van der Waals surface area contributed by atoms with E-state index >= 15 is 0 Å². The van der Waals surface area contributed by atoms with Gasteiger partial charge in [0.05, 0.1) is 0 Å². The van der Waals surface area contributed by atoms with Crippen LogP contribution >= 0.6 is 39.7 Å². The highest BCUT2D eigenvalue weighted by Crippen LogP contribution is 2.16. The zero-order chi connectivity index (χ0) is 16.9. The highest BCUT2D eigenvalue weighted by molar-refractivity contribution is 9.10. The number of hydrogen-bond donors (Lipinski definition) is 1. The Hall–Kier alpha value is -1.14. The minimum atomic E-state index is 0.791. The first kappa shape index (κ1) is 17.7. The average molecular weight is 425 g/mol. The molecule has 1 aliphatic rings. The second-order valence-corrected chi connectivity index (χ2v) is 7.57. The van der Waals surface area contributed by atoms with Gasteiger partial charge in [-0.25, -0.2) is 0 Å². The molecular weight excluding hydrogens is 406 g/mol. The van der Waals surface area contributed by atoms with Crippen LogP contribution in [0.15, 0.2) is 53.0 Å². The van der Waals surface area contributed by atoms with Crippen molar-refractivity contribution in [2.24, 2.45) is 0 Å².